The fourth-order valence-corrected chi connectivity index (χ4v) is 5.27. The molecule has 0 amide bonds. The lowest BCUT2D eigenvalue weighted by Gasteiger charge is -2.28. The first kappa shape index (κ1) is 30.8. The number of carbonyl (C=O) groups is 1. The average molecular weight is 608 g/mol. The van der Waals surface area contributed by atoms with E-state index >= 15 is 0 Å². The first-order valence-corrected chi connectivity index (χ1v) is 14.3. The molecule has 44 heavy (non-hydrogen) atoms. The summed E-state index contributed by atoms with van der Waals surface area (Å²) in [5.74, 6) is 0.368. The number of halogens is 3. The van der Waals surface area contributed by atoms with Gasteiger partial charge in [-0.25, -0.2) is 4.79 Å². The molecular weight excluding hydrogens is 575 g/mol. The molecule has 1 aliphatic rings. The third-order valence-corrected chi connectivity index (χ3v) is 7.57. The molecule has 1 fully saturated rings. The number of aromatic nitrogens is 3. The fourth-order valence-electron chi connectivity index (χ4n) is 5.27. The molecule has 1 aliphatic carbocycles. The van der Waals surface area contributed by atoms with Crippen LogP contribution in [0, 0.1) is 5.92 Å². The third-order valence-electron chi connectivity index (χ3n) is 7.57. The van der Waals surface area contributed by atoms with Gasteiger partial charge in [-0.15, -0.1) is 15.0 Å². The lowest BCUT2D eigenvalue weighted by atomic mass is 9.84. The van der Waals surface area contributed by atoms with Crippen LogP contribution in [0.15, 0.2) is 72.8 Å². The van der Waals surface area contributed by atoms with Gasteiger partial charge in [0.15, 0.2) is 0 Å². The zero-order chi connectivity index (χ0) is 31.1. The van der Waals surface area contributed by atoms with Crippen molar-refractivity contribution in [3.63, 3.8) is 0 Å². The van der Waals surface area contributed by atoms with Crippen molar-refractivity contribution in [3.05, 3.63) is 89.5 Å². The molecule has 1 saturated carbocycles. The highest BCUT2D eigenvalue weighted by molar-refractivity contribution is 5.90. The molecule has 5 rings (SSSR count). The van der Waals surface area contributed by atoms with E-state index in [4.69, 9.17) is 18.9 Å². The first-order chi connectivity index (χ1) is 21.2. The quantitative estimate of drug-likeness (QED) is 0.168. The van der Waals surface area contributed by atoms with Crippen LogP contribution in [0.25, 0.3) is 11.1 Å². The summed E-state index contributed by atoms with van der Waals surface area (Å²) in [6.45, 7) is 0. The molecular formula is C33H32F3N3O5. The van der Waals surface area contributed by atoms with Crippen molar-refractivity contribution in [2.75, 3.05) is 14.2 Å². The first-order valence-electron chi connectivity index (χ1n) is 14.3. The van der Waals surface area contributed by atoms with Crippen molar-refractivity contribution in [2.24, 2.45) is 5.92 Å². The van der Waals surface area contributed by atoms with Crippen LogP contribution in [-0.2, 0) is 6.18 Å². The largest absolute Gasteiger partial charge is 0.486 e. The minimum Gasteiger partial charge on any atom is -0.486 e. The Labute approximate surface area is 253 Å². The molecule has 230 valence electrons. The molecule has 0 N–H and O–H groups in total. The zero-order valence-electron chi connectivity index (χ0n) is 24.3. The highest BCUT2D eigenvalue weighted by Gasteiger charge is 2.30. The van der Waals surface area contributed by atoms with E-state index in [1.165, 1.54) is 45.6 Å². The molecule has 3 aromatic carbocycles. The number of hydrogen-bond acceptors (Lipinski definition) is 8. The number of nitrogens with zero attached hydrogens (tertiary/aromatic N) is 3. The number of carbonyl (C=O) groups excluding carboxylic acids is 1. The van der Waals surface area contributed by atoms with E-state index in [0.29, 0.717) is 17.2 Å². The Morgan fingerprint density at radius 3 is 2.07 bits per heavy atom. The second-order valence-electron chi connectivity index (χ2n) is 10.6. The van der Waals surface area contributed by atoms with Crippen LogP contribution in [0.5, 0.6) is 23.8 Å². The average Bonchev–Trinajstić information content (AvgIpc) is 3.04. The lowest BCUT2D eigenvalue weighted by Crippen LogP contribution is -2.16. The molecule has 0 spiro atoms. The van der Waals surface area contributed by atoms with Crippen molar-refractivity contribution in [1.82, 2.24) is 15.0 Å². The summed E-state index contributed by atoms with van der Waals surface area (Å²) < 4.78 is 61.0. The topological polar surface area (TPSA) is 92.7 Å². The molecule has 11 heteroatoms. The van der Waals surface area contributed by atoms with Crippen LogP contribution in [0.2, 0.25) is 0 Å². The maximum absolute atomic E-state index is 13.1. The summed E-state index contributed by atoms with van der Waals surface area (Å²) in [5.41, 5.74) is 1.99. The predicted molar refractivity (Wildman–Crippen MR) is 156 cm³/mol. The number of rotatable bonds is 10. The number of esters is 1. The summed E-state index contributed by atoms with van der Waals surface area (Å²) in [7, 11) is 2.73. The van der Waals surface area contributed by atoms with E-state index in [-0.39, 0.29) is 29.7 Å². The van der Waals surface area contributed by atoms with Crippen molar-refractivity contribution in [1.29, 1.82) is 0 Å². The number of hydrogen-bond donors (Lipinski definition) is 0. The van der Waals surface area contributed by atoms with Gasteiger partial charge < -0.3 is 18.9 Å². The highest BCUT2D eigenvalue weighted by Crippen LogP contribution is 2.37. The van der Waals surface area contributed by atoms with Gasteiger partial charge in [-0.1, -0.05) is 62.4 Å². The lowest BCUT2D eigenvalue weighted by molar-refractivity contribution is -0.137. The van der Waals surface area contributed by atoms with Crippen molar-refractivity contribution < 1.29 is 36.9 Å². The molecule has 4 aromatic rings. The smallest absolute Gasteiger partial charge is 0.416 e. The van der Waals surface area contributed by atoms with Crippen molar-refractivity contribution in [3.8, 4) is 34.9 Å². The molecule has 0 saturated heterocycles. The normalized spacial score (nSPS) is 14.5. The molecule has 1 atom stereocenters. The maximum Gasteiger partial charge on any atom is 0.416 e. The molecule has 0 unspecified atom stereocenters. The van der Waals surface area contributed by atoms with Crippen LogP contribution < -0.4 is 18.9 Å². The van der Waals surface area contributed by atoms with E-state index in [0.717, 1.165) is 42.5 Å². The Morgan fingerprint density at radius 2 is 1.45 bits per heavy atom. The predicted octanol–water partition coefficient (Wildman–Crippen LogP) is 7.88. The minimum absolute atomic E-state index is 0.0604. The van der Waals surface area contributed by atoms with E-state index in [1.807, 2.05) is 24.3 Å². The van der Waals surface area contributed by atoms with E-state index in [1.54, 1.807) is 24.3 Å². The summed E-state index contributed by atoms with van der Waals surface area (Å²) in [5, 5.41) is 0. The third kappa shape index (κ3) is 7.83. The van der Waals surface area contributed by atoms with Gasteiger partial charge in [0.2, 0.25) is 0 Å². The van der Waals surface area contributed by atoms with E-state index in [9.17, 15) is 18.0 Å². The van der Waals surface area contributed by atoms with E-state index < -0.39 is 17.7 Å². The van der Waals surface area contributed by atoms with Gasteiger partial charge in [0.1, 0.15) is 11.9 Å². The Kier molecular flexibility index (Phi) is 9.62. The van der Waals surface area contributed by atoms with Gasteiger partial charge >= 0.3 is 30.2 Å². The van der Waals surface area contributed by atoms with E-state index in [2.05, 4.69) is 15.0 Å². The molecule has 0 radical (unpaired) electrons. The summed E-state index contributed by atoms with van der Waals surface area (Å²) >= 11 is 0. The number of methoxy groups -OCH3 is 2. The van der Waals surface area contributed by atoms with Gasteiger partial charge in [0.25, 0.3) is 0 Å². The minimum atomic E-state index is -4.39. The fraction of sp³-hybridized carbons (Fsp3) is 0.333. The molecule has 8 nitrogen and oxygen atoms in total. The summed E-state index contributed by atoms with van der Waals surface area (Å²) in [6, 6.07) is 19.1. The summed E-state index contributed by atoms with van der Waals surface area (Å²) in [6.07, 6.45) is 1.94. The molecule has 0 bridgehead atoms. The zero-order valence-corrected chi connectivity index (χ0v) is 24.3. The standard InChI is InChI=1S/C33H32F3N3O5/c1-41-30-37-31(42-2)39-32(38-30)44-29(40)23-13-17-27(18-14-23)43-28(19-21-7-4-3-5-8-21)25-10-6-9-24(20-25)22-11-15-26(16-12-22)33(34,35)36/h6,9-18,20-21,28H,3-5,7-8,19H2,1-2H3/t28-/m1/s1. The van der Waals surface area contributed by atoms with Crippen molar-refractivity contribution >= 4 is 5.97 Å². The van der Waals surface area contributed by atoms with Gasteiger partial charge in [0.05, 0.1) is 25.3 Å². The van der Waals surface area contributed by atoms with Crippen LogP contribution in [0.3, 0.4) is 0 Å². The maximum atomic E-state index is 13.1. The molecule has 1 heterocycles. The number of benzene rings is 3. The Morgan fingerprint density at radius 1 is 0.818 bits per heavy atom. The number of alkyl halides is 3. The van der Waals surface area contributed by atoms with Gasteiger partial charge in [0, 0.05) is 0 Å². The Hall–Kier alpha value is -4.67. The molecule has 1 aromatic heterocycles. The highest BCUT2D eigenvalue weighted by atomic mass is 19.4. The second kappa shape index (κ2) is 13.7. The van der Waals surface area contributed by atoms with Crippen molar-refractivity contribution in [2.45, 2.75) is 50.8 Å². The van der Waals surface area contributed by atoms with Crippen LogP contribution in [0.4, 0.5) is 13.2 Å². The Balaban J connectivity index is 1.34. The SMILES string of the molecule is COc1nc(OC)nc(OC(=O)c2ccc(O[C@H](CC3CCCCC3)c3cccc(-c4ccc(C(F)(F)F)cc4)c3)cc2)n1. The van der Waals surface area contributed by atoms with Gasteiger partial charge in [-0.3, -0.25) is 0 Å². The summed E-state index contributed by atoms with van der Waals surface area (Å²) in [4.78, 5) is 24.5. The molecule has 0 aliphatic heterocycles. The van der Waals surface area contributed by atoms with Crippen LogP contribution in [0.1, 0.15) is 66.1 Å². The monoisotopic (exact) mass is 607 g/mol. The number of ether oxygens (including phenoxy) is 4. The second-order valence-corrected chi connectivity index (χ2v) is 10.6. The van der Waals surface area contributed by atoms with Crippen LogP contribution in [-0.4, -0.2) is 35.1 Å². The van der Waals surface area contributed by atoms with Crippen LogP contribution >= 0.6 is 0 Å². The van der Waals surface area contributed by atoms with Gasteiger partial charge in [-0.05, 0) is 71.5 Å². The van der Waals surface area contributed by atoms with Gasteiger partial charge in [-0.2, -0.15) is 13.2 Å². The Bertz CT molecular complexity index is 1530.